The van der Waals surface area contributed by atoms with Gasteiger partial charge in [-0.2, -0.15) is 0 Å². The van der Waals surface area contributed by atoms with Gasteiger partial charge in [-0.15, -0.1) is 12.6 Å². The number of hydrogen-bond acceptors (Lipinski definition) is 4. The first-order chi connectivity index (χ1) is 5.99. The second kappa shape index (κ2) is 3.57. The molecule has 0 aliphatic carbocycles. The lowest BCUT2D eigenvalue weighted by Gasteiger charge is -2.23. The smallest absolute Gasteiger partial charge is 0.134 e. The number of nitrogens with two attached hydrogens (primary N) is 1. The summed E-state index contributed by atoms with van der Waals surface area (Å²) in [5, 5.41) is 18.6. The highest BCUT2D eigenvalue weighted by Crippen LogP contribution is 2.31. The van der Waals surface area contributed by atoms with Crippen LogP contribution < -0.4 is 5.73 Å². The van der Waals surface area contributed by atoms with Crippen molar-refractivity contribution < 1.29 is 10.2 Å². The third kappa shape index (κ3) is 1.96. The highest BCUT2D eigenvalue weighted by molar-refractivity contribution is 7.80. The van der Waals surface area contributed by atoms with Crippen molar-refractivity contribution in [2.24, 2.45) is 5.73 Å². The van der Waals surface area contributed by atoms with Crippen molar-refractivity contribution in [2.75, 3.05) is 6.61 Å². The van der Waals surface area contributed by atoms with Gasteiger partial charge in [-0.05, 0) is 13.0 Å². The Morgan fingerprint density at radius 1 is 1.54 bits per heavy atom. The van der Waals surface area contributed by atoms with E-state index < -0.39 is 5.54 Å². The van der Waals surface area contributed by atoms with Crippen molar-refractivity contribution in [1.82, 2.24) is 0 Å². The van der Waals surface area contributed by atoms with Crippen molar-refractivity contribution in [1.29, 1.82) is 0 Å². The lowest BCUT2D eigenvalue weighted by Crippen LogP contribution is -2.37. The van der Waals surface area contributed by atoms with E-state index in [4.69, 9.17) is 10.8 Å². The highest BCUT2D eigenvalue weighted by Gasteiger charge is 2.23. The van der Waals surface area contributed by atoms with E-state index in [9.17, 15) is 5.11 Å². The Morgan fingerprint density at radius 3 is 2.69 bits per heavy atom. The van der Waals surface area contributed by atoms with Gasteiger partial charge in [0.2, 0.25) is 0 Å². The van der Waals surface area contributed by atoms with E-state index in [1.165, 1.54) is 0 Å². The van der Waals surface area contributed by atoms with Crippen molar-refractivity contribution >= 4 is 12.6 Å². The summed E-state index contributed by atoms with van der Waals surface area (Å²) < 4.78 is 0. The van der Waals surface area contributed by atoms with Crippen LogP contribution in [0, 0.1) is 0 Å². The van der Waals surface area contributed by atoms with Gasteiger partial charge in [0.15, 0.2) is 0 Å². The van der Waals surface area contributed by atoms with Crippen LogP contribution in [0.5, 0.6) is 5.75 Å². The number of aromatic hydroxyl groups is 1. The van der Waals surface area contributed by atoms with Crippen molar-refractivity contribution in [3.8, 4) is 5.75 Å². The van der Waals surface area contributed by atoms with Crippen LogP contribution >= 0.6 is 12.6 Å². The molecular formula is C9H13NO2S. The average Bonchev–Trinajstić information content (AvgIpc) is 2.09. The first-order valence-electron chi connectivity index (χ1n) is 3.90. The molecule has 0 heterocycles. The lowest BCUT2D eigenvalue weighted by molar-refractivity contribution is 0.206. The molecule has 4 N–H and O–H groups in total. The molecule has 72 valence electrons. The number of rotatable bonds is 2. The van der Waals surface area contributed by atoms with Crippen LogP contribution in [-0.2, 0) is 5.54 Å². The van der Waals surface area contributed by atoms with Crippen molar-refractivity contribution in [2.45, 2.75) is 17.4 Å². The second-order valence-electron chi connectivity index (χ2n) is 3.25. The number of para-hydroxylation sites is 1. The third-order valence-corrected chi connectivity index (χ3v) is 2.32. The van der Waals surface area contributed by atoms with E-state index in [-0.39, 0.29) is 12.4 Å². The van der Waals surface area contributed by atoms with Gasteiger partial charge in [0.1, 0.15) is 5.75 Å². The molecule has 1 aromatic carbocycles. The Kier molecular flexibility index (Phi) is 2.85. The predicted molar refractivity (Wildman–Crippen MR) is 54.0 cm³/mol. The largest absolute Gasteiger partial charge is 0.506 e. The minimum absolute atomic E-state index is 0.0323. The van der Waals surface area contributed by atoms with Gasteiger partial charge in [-0.3, -0.25) is 0 Å². The summed E-state index contributed by atoms with van der Waals surface area (Å²) in [5.41, 5.74) is 5.34. The van der Waals surface area contributed by atoms with Gasteiger partial charge < -0.3 is 15.9 Å². The Hall–Kier alpha value is -0.710. The summed E-state index contributed by atoms with van der Waals surface area (Å²) in [4.78, 5) is 0.461. The van der Waals surface area contributed by atoms with E-state index in [0.717, 1.165) is 0 Å². The van der Waals surface area contributed by atoms with Crippen LogP contribution in [0.25, 0.3) is 0 Å². The predicted octanol–water partition coefficient (Wildman–Crippen LogP) is 0.847. The molecule has 1 aromatic rings. The van der Waals surface area contributed by atoms with E-state index in [1.807, 2.05) is 0 Å². The summed E-state index contributed by atoms with van der Waals surface area (Å²) in [6.07, 6.45) is 0. The number of aliphatic hydroxyl groups excluding tert-OH is 1. The van der Waals surface area contributed by atoms with E-state index >= 15 is 0 Å². The molecule has 0 radical (unpaired) electrons. The number of phenols is 1. The lowest BCUT2D eigenvalue weighted by atomic mass is 9.93. The molecule has 0 spiro atoms. The maximum Gasteiger partial charge on any atom is 0.134 e. The van der Waals surface area contributed by atoms with Crippen molar-refractivity contribution in [3.05, 3.63) is 23.8 Å². The zero-order valence-corrected chi connectivity index (χ0v) is 8.25. The Morgan fingerprint density at radius 2 is 2.15 bits per heavy atom. The minimum atomic E-state index is -0.928. The monoisotopic (exact) mass is 199 g/mol. The van der Waals surface area contributed by atoms with Gasteiger partial charge in [0.05, 0.1) is 12.1 Å². The Bertz CT molecular complexity index is 312. The molecule has 0 aliphatic heterocycles. The molecule has 0 unspecified atom stereocenters. The summed E-state index contributed by atoms with van der Waals surface area (Å²) >= 11 is 4.05. The van der Waals surface area contributed by atoms with Gasteiger partial charge in [-0.1, -0.05) is 12.1 Å². The molecular weight excluding hydrogens is 186 g/mol. The summed E-state index contributed by atoms with van der Waals surface area (Å²) in [7, 11) is 0. The Balaban J connectivity index is 3.22. The molecule has 0 aromatic heterocycles. The second-order valence-corrected chi connectivity index (χ2v) is 3.73. The standard InChI is InChI=1S/C9H13NO2S/c1-9(10,5-11)6-3-2-4-7(13)8(6)12/h2-4,11-13H,5,10H2,1H3/t9-/m1/s1. The first kappa shape index (κ1) is 10.4. The number of hydrogen-bond donors (Lipinski definition) is 4. The number of aliphatic hydroxyl groups is 1. The minimum Gasteiger partial charge on any atom is -0.506 e. The summed E-state index contributed by atoms with van der Waals surface area (Å²) in [6, 6.07) is 5.07. The fraction of sp³-hybridized carbons (Fsp3) is 0.333. The number of benzene rings is 1. The fourth-order valence-corrected chi connectivity index (χ4v) is 1.28. The maximum atomic E-state index is 9.60. The fourth-order valence-electron chi connectivity index (χ4n) is 1.08. The van der Waals surface area contributed by atoms with Crippen LogP contribution in [0.3, 0.4) is 0 Å². The molecule has 0 saturated carbocycles. The normalized spacial score (nSPS) is 15.4. The molecule has 0 bridgehead atoms. The molecule has 13 heavy (non-hydrogen) atoms. The average molecular weight is 199 g/mol. The molecule has 1 atom stereocenters. The molecule has 0 saturated heterocycles. The van der Waals surface area contributed by atoms with Crippen molar-refractivity contribution in [3.63, 3.8) is 0 Å². The highest BCUT2D eigenvalue weighted by atomic mass is 32.1. The zero-order valence-electron chi connectivity index (χ0n) is 7.36. The number of thiol groups is 1. The third-order valence-electron chi connectivity index (χ3n) is 1.96. The molecule has 0 amide bonds. The van der Waals surface area contributed by atoms with Crippen LogP contribution in [0.1, 0.15) is 12.5 Å². The SMILES string of the molecule is C[C@@](N)(CO)c1cccc(S)c1O. The zero-order chi connectivity index (χ0) is 10.1. The van der Waals surface area contributed by atoms with Crippen LogP contribution in [0.2, 0.25) is 0 Å². The van der Waals surface area contributed by atoms with Crippen LogP contribution in [0.15, 0.2) is 23.1 Å². The summed E-state index contributed by atoms with van der Waals surface area (Å²) in [6.45, 7) is 1.42. The topological polar surface area (TPSA) is 66.5 Å². The molecule has 3 nitrogen and oxygen atoms in total. The number of phenolic OH excluding ortho intramolecular Hbond substituents is 1. The molecule has 0 fully saturated rings. The van der Waals surface area contributed by atoms with E-state index in [0.29, 0.717) is 10.5 Å². The summed E-state index contributed by atoms with van der Waals surface area (Å²) in [5.74, 6) is 0.0323. The van der Waals surface area contributed by atoms with Crippen LogP contribution in [-0.4, -0.2) is 16.8 Å². The quantitative estimate of drug-likeness (QED) is 0.534. The first-order valence-corrected chi connectivity index (χ1v) is 4.35. The molecule has 0 aliphatic rings. The van der Waals surface area contributed by atoms with Gasteiger partial charge >= 0.3 is 0 Å². The Labute approximate surface area is 82.6 Å². The van der Waals surface area contributed by atoms with Crippen LogP contribution in [0.4, 0.5) is 0 Å². The van der Waals surface area contributed by atoms with E-state index in [2.05, 4.69) is 12.6 Å². The van der Waals surface area contributed by atoms with Gasteiger partial charge in [0.25, 0.3) is 0 Å². The van der Waals surface area contributed by atoms with Gasteiger partial charge in [-0.25, -0.2) is 0 Å². The van der Waals surface area contributed by atoms with Gasteiger partial charge in [0, 0.05) is 10.5 Å². The maximum absolute atomic E-state index is 9.60. The molecule has 1 rings (SSSR count). The van der Waals surface area contributed by atoms with E-state index in [1.54, 1.807) is 25.1 Å². The molecule has 4 heteroatoms.